The van der Waals surface area contributed by atoms with Crippen molar-refractivity contribution in [3.05, 3.63) is 42.0 Å². The number of halogens is 3. The topological polar surface area (TPSA) is 0 Å². The molecule has 0 aliphatic heterocycles. The molecule has 0 unspecified atom stereocenters. The van der Waals surface area contributed by atoms with Gasteiger partial charge in [0.15, 0.2) is 0 Å². The minimum atomic E-state index is 0. The summed E-state index contributed by atoms with van der Waals surface area (Å²) in [5.41, 5.74) is 1.35. The van der Waals surface area contributed by atoms with E-state index >= 15 is 0 Å². The first kappa shape index (κ1) is 19.8. The molecule has 0 aromatic heterocycles. The van der Waals surface area contributed by atoms with Crippen molar-refractivity contribution < 1.29 is 55.8 Å². The molecular weight excluding hydrogens is 277 g/mol. The Morgan fingerprint density at radius 3 is 2.14 bits per heavy atom. The normalized spacial score (nSPS) is 7.50. The molecule has 0 amide bonds. The Morgan fingerprint density at radius 1 is 1.00 bits per heavy atom. The molecule has 0 saturated heterocycles. The molecule has 0 atom stereocenters. The van der Waals surface area contributed by atoms with E-state index in [1.807, 2.05) is 0 Å². The average Bonchev–Trinajstić information content (AvgIpc) is 2.27. The first-order valence-electron chi connectivity index (χ1n) is 3.48. The van der Waals surface area contributed by atoms with Gasteiger partial charge in [0.2, 0.25) is 0 Å². The summed E-state index contributed by atoms with van der Waals surface area (Å²) in [5.74, 6) is 0. The summed E-state index contributed by atoms with van der Waals surface area (Å²) < 4.78 is 0. The van der Waals surface area contributed by atoms with Gasteiger partial charge in [0, 0.05) is 0 Å². The van der Waals surface area contributed by atoms with Crippen molar-refractivity contribution in [2.45, 2.75) is 6.92 Å². The summed E-state index contributed by atoms with van der Waals surface area (Å²) in [6.45, 7) is 2.12. The molecule has 0 nitrogen and oxygen atoms in total. The van der Waals surface area contributed by atoms with Crippen molar-refractivity contribution in [2.75, 3.05) is 0 Å². The summed E-state index contributed by atoms with van der Waals surface area (Å²) in [5, 5.41) is 2.69. The van der Waals surface area contributed by atoms with E-state index in [1.165, 1.54) is 16.3 Å². The molecule has 0 fully saturated rings. The maximum atomic E-state index is 2.20. The zero-order chi connectivity index (χ0) is 6.97. The molecule has 0 spiro atoms. The van der Waals surface area contributed by atoms with Crippen molar-refractivity contribution in [3.63, 3.8) is 0 Å². The monoisotopic (exact) mass is 285 g/mol. The smallest absolute Gasteiger partial charge is 1.00 e. The van der Waals surface area contributed by atoms with Crippen LogP contribution in [0.5, 0.6) is 0 Å². The quantitative estimate of drug-likeness (QED) is 0.423. The Balaban J connectivity index is -0.000000302. The molecule has 1 radical (unpaired) electrons. The average molecular weight is 286 g/mol. The molecule has 75 valence electrons. The van der Waals surface area contributed by atoms with Gasteiger partial charge in [0.1, 0.15) is 0 Å². The van der Waals surface area contributed by atoms with E-state index in [-0.39, 0.29) is 55.8 Å². The van der Waals surface area contributed by atoms with Crippen LogP contribution in [0.25, 0.3) is 10.8 Å². The van der Waals surface area contributed by atoms with E-state index in [9.17, 15) is 0 Å². The van der Waals surface area contributed by atoms with Crippen LogP contribution in [-0.4, -0.2) is 0 Å². The van der Waals surface area contributed by atoms with Crippen LogP contribution in [0, 0.1) is 6.92 Å². The summed E-state index contributed by atoms with van der Waals surface area (Å²) in [6, 6.07) is 12.8. The SMILES string of the molecule is Cc1cc2ccccc2[cH-]1.[Cl-].[Cl-].[Cl-].[V+4]. The van der Waals surface area contributed by atoms with Crippen molar-refractivity contribution in [3.8, 4) is 0 Å². The molecule has 0 aliphatic rings. The van der Waals surface area contributed by atoms with Gasteiger partial charge in [0.05, 0.1) is 0 Å². The van der Waals surface area contributed by atoms with Crippen LogP contribution in [0.15, 0.2) is 36.4 Å². The van der Waals surface area contributed by atoms with E-state index in [0.29, 0.717) is 0 Å². The van der Waals surface area contributed by atoms with Crippen molar-refractivity contribution >= 4 is 10.8 Å². The van der Waals surface area contributed by atoms with E-state index in [2.05, 4.69) is 43.3 Å². The maximum absolute atomic E-state index is 2.20. The number of aryl methyl sites for hydroxylation is 1. The van der Waals surface area contributed by atoms with E-state index < -0.39 is 0 Å². The van der Waals surface area contributed by atoms with Crippen LogP contribution in [-0.2, 0) is 18.6 Å². The summed E-state index contributed by atoms with van der Waals surface area (Å²) >= 11 is 0. The molecule has 0 aliphatic carbocycles. The summed E-state index contributed by atoms with van der Waals surface area (Å²) in [7, 11) is 0. The summed E-state index contributed by atoms with van der Waals surface area (Å²) in [4.78, 5) is 0. The second-order valence-corrected chi connectivity index (χ2v) is 2.66. The first-order valence-corrected chi connectivity index (χ1v) is 3.48. The predicted octanol–water partition coefficient (Wildman–Crippen LogP) is -6.12. The fraction of sp³-hybridized carbons (Fsp3) is 0.100. The standard InChI is InChI=1S/C10H9.3ClH.V/c1-8-6-9-4-2-3-5-10(9)7-8;;;;/h2-7H,1H3;3*1H;/q-1;;;;+4/p-3. The van der Waals surface area contributed by atoms with Crippen LogP contribution in [0.4, 0.5) is 0 Å². The molecule has 0 N–H and O–H groups in total. The fourth-order valence-electron chi connectivity index (χ4n) is 1.31. The van der Waals surface area contributed by atoms with Gasteiger partial charge in [-0.15, -0.1) is 40.6 Å². The molecule has 0 bridgehead atoms. The van der Waals surface area contributed by atoms with Gasteiger partial charge in [-0.2, -0.15) is 6.07 Å². The van der Waals surface area contributed by atoms with Gasteiger partial charge < -0.3 is 37.2 Å². The number of rotatable bonds is 0. The fourth-order valence-corrected chi connectivity index (χ4v) is 1.31. The van der Waals surface area contributed by atoms with E-state index in [1.54, 1.807) is 0 Å². The molecule has 14 heavy (non-hydrogen) atoms. The number of benzene rings is 1. The Kier molecular flexibility index (Phi) is 12.1. The Morgan fingerprint density at radius 2 is 1.57 bits per heavy atom. The van der Waals surface area contributed by atoms with Crippen molar-refractivity contribution in [1.82, 2.24) is 0 Å². The van der Waals surface area contributed by atoms with Gasteiger partial charge in [-0.1, -0.05) is 13.0 Å². The van der Waals surface area contributed by atoms with Gasteiger partial charge in [-0.25, -0.2) is 0 Å². The number of fused-ring (bicyclic) bond motifs is 1. The predicted molar refractivity (Wildman–Crippen MR) is 44.3 cm³/mol. The second-order valence-electron chi connectivity index (χ2n) is 2.66. The minimum absolute atomic E-state index is 0. The molecule has 2 rings (SSSR count). The van der Waals surface area contributed by atoms with Crippen LogP contribution < -0.4 is 37.2 Å². The molecule has 4 heteroatoms. The third-order valence-corrected chi connectivity index (χ3v) is 1.76. The van der Waals surface area contributed by atoms with Gasteiger partial charge in [-0.05, 0) is 0 Å². The van der Waals surface area contributed by atoms with E-state index in [4.69, 9.17) is 0 Å². The third kappa shape index (κ3) is 4.21. The largest absolute Gasteiger partial charge is 4.00 e. The molecule has 2 aromatic rings. The Hall–Kier alpha value is 0.284. The number of hydrogen-bond donors (Lipinski definition) is 0. The summed E-state index contributed by atoms with van der Waals surface area (Å²) in [6.07, 6.45) is 0. The van der Waals surface area contributed by atoms with Crippen LogP contribution in [0.2, 0.25) is 0 Å². The number of hydrogen-bond acceptors (Lipinski definition) is 0. The Labute approximate surface area is 115 Å². The van der Waals surface area contributed by atoms with Crippen molar-refractivity contribution in [2.24, 2.45) is 0 Å². The van der Waals surface area contributed by atoms with Crippen LogP contribution in [0.3, 0.4) is 0 Å². The van der Waals surface area contributed by atoms with Gasteiger partial charge in [-0.3, -0.25) is 0 Å². The molecular formula is C10H9Cl3V. The maximum Gasteiger partial charge on any atom is 4.00 e. The van der Waals surface area contributed by atoms with Crippen molar-refractivity contribution in [1.29, 1.82) is 0 Å². The zero-order valence-corrected chi connectivity index (χ0v) is 11.2. The molecule has 0 heterocycles. The Bertz CT molecular complexity index is 324. The molecule has 0 saturated carbocycles. The minimum Gasteiger partial charge on any atom is -1.00 e. The zero-order valence-electron chi connectivity index (χ0n) is 7.55. The molecule has 2 aromatic carbocycles. The van der Waals surface area contributed by atoms with E-state index in [0.717, 1.165) is 0 Å². The van der Waals surface area contributed by atoms with Gasteiger partial charge >= 0.3 is 18.6 Å². The second kappa shape index (κ2) is 8.58. The third-order valence-electron chi connectivity index (χ3n) is 1.76. The van der Waals surface area contributed by atoms with Crippen LogP contribution >= 0.6 is 0 Å². The van der Waals surface area contributed by atoms with Gasteiger partial charge in [0.25, 0.3) is 0 Å². The van der Waals surface area contributed by atoms with Crippen LogP contribution in [0.1, 0.15) is 5.56 Å². The first-order chi connectivity index (χ1) is 4.86.